The molecule has 90 valence electrons. The summed E-state index contributed by atoms with van der Waals surface area (Å²) in [5.74, 6) is 1.90. The molecule has 0 saturated heterocycles. The van der Waals surface area contributed by atoms with Crippen LogP contribution in [0.1, 0.15) is 59.3 Å². The van der Waals surface area contributed by atoms with Crippen molar-refractivity contribution in [1.29, 1.82) is 0 Å². The highest BCUT2D eigenvalue weighted by Gasteiger charge is 2.32. The van der Waals surface area contributed by atoms with Crippen LogP contribution in [0.5, 0.6) is 0 Å². The number of hydrogen-bond donors (Lipinski definition) is 0. The fourth-order valence-corrected chi connectivity index (χ4v) is 3.43. The number of rotatable bonds is 1. The maximum Gasteiger partial charge on any atom is 0.156 e. The largest absolute Gasteiger partial charge is 0.295 e. The van der Waals surface area contributed by atoms with Gasteiger partial charge in [-0.05, 0) is 42.6 Å². The van der Waals surface area contributed by atoms with E-state index in [2.05, 4.69) is 20.8 Å². The molecule has 0 bridgehead atoms. The van der Waals surface area contributed by atoms with Crippen molar-refractivity contribution >= 4 is 5.78 Å². The van der Waals surface area contributed by atoms with Gasteiger partial charge in [-0.25, -0.2) is 0 Å². The van der Waals surface area contributed by atoms with E-state index in [0.29, 0.717) is 11.7 Å². The number of ketones is 1. The summed E-state index contributed by atoms with van der Waals surface area (Å²) in [5, 5.41) is 0. The van der Waals surface area contributed by atoms with Crippen LogP contribution in [-0.4, -0.2) is 5.78 Å². The van der Waals surface area contributed by atoms with Gasteiger partial charge in [0.2, 0.25) is 0 Å². The lowest BCUT2D eigenvalue weighted by Gasteiger charge is -2.35. The fourth-order valence-electron chi connectivity index (χ4n) is 3.43. The molecule has 2 aliphatic rings. The zero-order valence-corrected chi connectivity index (χ0v) is 10.9. The number of carbonyl (C=O) groups is 1. The van der Waals surface area contributed by atoms with E-state index in [4.69, 9.17) is 0 Å². The molecule has 1 heteroatoms. The topological polar surface area (TPSA) is 17.1 Å². The summed E-state index contributed by atoms with van der Waals surface area (Å²) in [4.78, 5) is 11.7. The van der Waals surface area contributed by atoms with E-state index in [1.54, 1.807) is 0 Å². The molecule has 0 heterocycles. The summed E-state index contributed by atoms with van der Waals surface area (Å²) < 4.78 is 0. The molecule has 0 aromatic heterocycles. The normalized spacial score (nSPS) is 34.7. The van der Waals surface area contributed by atoms with Crippen molar-refractivity contribution in [3.05, 3.63) is 11.6 Å². The van der Waals surface area contributed by atoms with Crippen molar-refractivity contribution in [2.75, 3.05) is 0 Å². The van der Waals surface area contributed by atoms with Crippen LogP contribution in [0, 0.1) is 17.3 Å². The Kier molecular flexibility index (Phi) is 3.23. The lowest BCUT2D eigenvalue weighted by molar-refractivity contribution is -0.117. The fraction of sp³-hybridized carbons (Fsp3) is 0.800. The van der Waals surface area contributed by atoms with E-state index < -0.39 is 0 Å². The summed E-state index contributed by atoms with van der Waals surface area (Å²) in [6.07, 6.45) is 9.16. The standard InChI is InChI=1S/C15H24O/c1-11-5-4-6-12(7-11)13-8-14(16)10-15(2,3)9-13/h8,11-12H,4-7,9-10H2,1-3H3. The predicted molar refractivity (Wildman–Crippen MR) is 67.2 cm³/mol. The first-order valence-corrected chi connectivity index (χ1v) is 6.69. The Morgan fingerprint density at radius 1 is 1.25 bits per heavy atom. The molecule has 1 saturated carbocycles. The highest BCUT2D eigenvalue weighted by atomic mass is 16.1. The maximum atomic E-state index is 11.7. The average molecular weight is 220 g/mol. The highest BCUT2D eigenvalue weighted by molar-refractivity contribution is 5.91. The minimum Gasteiger partial charge on any atom is -0.295 e. The molecular formula is C15H24O. The summed E-state index contributed by atoms with van der Waals surface area (Å²) in [6, 6.07) is 0. The van der Waals surface area contributed by atoms with Gasteiger partial charge in [0, 0.05) is 6.42 Å². The van der Waals surface area contributed by atoms with Gasteiger partial charge in [0.05, 0.1) is 0 Å². The Labute approximate surface area is 99.3 Å². The van der Waals surface area contributed by atoms with Gasteiger partial charge in [-0.15, -0.1) is 0 Å². The summed E-state index contributed by atoms with van der Waals surface area (Å²) in [7, 11) is 0. The van der Waals surface area contributed by atoms with Gasteiger partial charge in [-0.3, -0.25) is 4.79 Å². The summed E-state index contributed by atoms with van der Waals surface area (Å²) in [6.45, 7) is 6.80. The first-order chi connectivity index (χ1) is 7.46. The summed E-state index contributed by atoms with van der Waals surface area (Å²) in [5.41, 5.74) is 1.65. The van der Waals surface area contributed by atoms with Gasteiger partial charge < -0.3 is 0 Å². The molecule has 2 atom stereocenters. The van der Waals surface area contributed by atoms with Crippen LogP contribution in [0.4, 0.5) is 0 Å². The lowest BCUT2D eigenvalue weighted by Crippen LogP contribution is -2.26. The third-order valence-electron chi connectivity index (χ3n) is 4.14. The molecular weight excluding hydrogens is 196 g/mol. The molecule has 0 amide bonds. The molecule has 16 heavy (non-hydrogen) atoms. The molecule has 0 radical (unpaired) electrons. The van der Waals surface area contributed by atoms with E-state index in [1.165, 1.54) is 31.3 Å². The van der Waals surface area contributed by atoms with E-state index in [9.17, 15) is 4.79 Å². The molecule has 0 N–H and O–H groups in total. The molecule has 1 fully saturated rings. The molecule has 2 rings (SSSR count). The SMILES string of the molecule is CC1CCCC(C2=CC(=O)CC(C)(C)C2)C1. The van der Waals surface area contributed by atoms with Gasteiger partial charge in [-0.1, -0.05) is 39.2 Å². The third-order valence-corrected chi connectivity index (χ3v) is 4.14. The smallest absolute Gasteiger partial charge is 0.156 e. The van der Waals surface area contributed by atoms with Crippen molar-refractivity contribution in [3.8, 4) is 0 Å². The van der Waals surface area contributed by atoms with Crippen molar-refractivity contribution < 1.29 is 4.79 Å². The van der Waals surface area contributed by atoms with Gasteiger partial charge in [0.1, 0.15) is 0 Å². The van der Waals surface area contributed by atoms with Gasteiger partial charge in [-0.2, -0.15) is 0 Å². The van der Waals surface area contributed by atoms with Crippen LogP contribution in [0.15, 0.2) is 11.6 Å². The third kappa shape index (κ3) is 2.75. The van der Waals surface area contributed by atoms with E-state index in [-0.39, 0.29) is 5.41 Å². The number of hydrogen-bond acceptors (Lipinski definition) is 1. The second-order valence-electron chi connectivity index (χ2n) is 6.67. The first-order valence-electron chi connectivity index (χ1n) is 6.69. The lowest BCUT2D eigenvalue weighted by atomic mass is 9.69. The van der Waals surface area contributed by atoms with E-state index >= 15 is 0 Å². The average Bonchev–Trinajstić information content (AvgIpc) is 2.14. The molecule has 2 unspecified atom stereocenters. The summed E-state index contributed by atoms with van der Waals surface area (Å²) >= 11 is 0. The first kappa shape index (κ1) is 11.9. The van der Waals surface area contributed by atoms with Crippen molar-refractivity contribution in [1.82, 2.24) is 0 Å². The minimum absolute atomic E-state index is 0.196. The number of carbonyl (C=O) groups excluding carboxylic acids is 1. The second-order valence-corrected chi connectivity index (χ2v) is 6.67. The van der Waals surface area contributed by atoms with E-state index in [1.807, 2.05) is 6.08 Å². The number of allylic oxidation sites excluding steroid dienone is 2. The van der Waals surface area contributed by atoms with Crippen LogP contribution in [-0.2, 0) is 4.79 Å². The van der Waals surface area contributed by atoms with Crippen molar-refractivity contribution in [2.24, 2.45) is 17.3 Å². The molecule has 0 aromatic carbocycles. The second kappa shape index (κ2) is 4.35. The molecule has 0 aliphatic heterocycles. The Morgan fingerprint density at radius 3 is 2.62 bits per heavy atom. The van der Waals surface area contributed by atoms with Crippen LogP contribution >= 0.6 is 0 Å². The van der Waals surface area contributed by atoms with Gasteiger partial charge in [0.25, 0.3) is 0 Å². The predicted octanol–water partition coefficient (Wildman–Crippen LogP) is 4.13. The van der Waals surface area contributed by atoms with Crippen LogP contribution in [0.3, 0.4) is 0 Å². The van der Waals surface area contributed by atoms with Crippen LogP contribution in [0.2, 0.25) is 0 Å². The molecule has 0 aromatic rings. The quantitative estimate of drug-likeness (QED) is 0.649. The Balaban J connectivity index is 2.11. The zero-order chi connectivity index (χ0) is 11.8. The van der Waals surface area contributed by atoms with Crippen molar-refractivity contribution in [3.63, 3.8) is 0 Å². The van der Waals surface area contributed by atoms with Crippen molar-refractivity contribution in [2.45, 2.75) is 59.3 Å². The van der Waals surface area contributed by atoms with Crippen LogP contribution in [0.25, 0.3) is 0 Å². The maximum absolute atomic E-state index is 11.7. The molecule has 1 nitrogen and oxygen atoms in total. The van der Waals surface area contributed by atoms with E-state index in [0.717, 1.165) is 18.8 Å². The van der Waals surface area contributed by atoms with Crippen LogP contribution < -0.4 is 0 Å². The Hall–Kier alpha value is -0.590. The minimum atomic E-state index is 0.196. The van der Waals surface area contributed by atoms with Gasteiger partial charge in [0.15, 0.2) is 5.78 Å². The highest BCUT2D eigenvalue weighted by Crippen LogP contribution is 2.42. The molecule has 2 aliphatic carbocycles. The Morgan fingerprint density at radius 2 is 2.00 bits per heavy atom. The monoisotopic (exact) mass is 220 g/mol. The zero-order valence-electron chi connectivity index (χ0n) is 10.9. The Bertz CT molecular complexity index is 311. The molecule has 0 spiro atoms. The van der Waals surface area contributed by atoms with Gasteiger partial charge >= 0.3 is 0 Å².